The molecule has 0 aromatic carbocycles. The van der Waals surface area contributed by atoms with Crippen LogP contribution >= 0.6 is 11.3 Å². The zero-order valence-corrected chi connectivity index (χ0v) is 14.9. The zero-order valence-electron chi connectivity index (χ0n) is 14.1. The molecule has 2 aromatic heterocycles. The van der Waals surface area contributed by atoms with E-state index in [9.17, 15) is 14.7 Å². The molecule has 0 amide bonds. The number of unbranched alkanes of at least 4 members (excludes halogenated alkanes) is 4. The standard InChI is InChI=1S/C18H24N2O3S/c1-2-3-4-5-6-10-20-11-19-16-15(17(20)21)14-12(18(22)23)8-7-9-13(14)24-16/h11-12H,2-10H2,1H3,(H,22,23). The molecule has 6 heteroatoms. The highest BCUT2D eigenvalue weighted by Gasteiger charge is 2.31. The fourth-order valence-electron chi connectivity index (χ4n) is 3.55. The number of fused-ring (bicyclic) bond motifs is 3. The van der Waals surface area contributed by atoms with Crippen molar-refractivity contribution in [2.75, 3.05) is 0 Å². The van der Waals surface area contributed by atoms with Gasteiger partial charge < -0.3 is 5.11 Å². The van der Waals surface area contributed by atoms with Gasteiger partial charge in [0.15, 0.2) is 0 Å². The summed E-state index contributed by atoms with van der Waals surface area (Å²) in [5.74, 6) is -1.39. The number of rotatable bonds is 7. The fraction of sp³-hybridized carbons (Fsp3) is 0.611. The molecule has 1 N–H and O–H groups in total. The van der Waals surface area contributed by atoms with Crippen LogP contribution in [0.25, 0.3) is 10.2 Å². The summed E-state index contributed by atoms with van der Waals surface area (Å²) in [4.78, 5) is 30.7. The van der Waals surface area contributed by atoms with Gasteiger partial charge in [-0.2, -0.15) is 0 Å². The number of hydrogen-bond acceptors (Lipinski definition) is 4. The summed E-state index contributed by atoms with van der Waals surface area (Å²) in [6.45, 7) is 2.84. The monoisotopic (exact) mass is 348 g/mol. The van der Waals surface area contributed by atoms with Gasteiger partial charge in [-0.1, -0.05) is 32.6 Å². The molecule has 1 aliphatic rings. The Bertz CT molecular complexity index is 793. The second-order valence-corrected chi connectivity index (χ2v) is 7.64. The molecular formula is C18H24N2O3S. The van der Waals surface area contributed by atoms with Gasteiger partial charge in [0.05, 0.1) is 17.6 Å². The molecular weight excluding hydrogens is 324 g/mol. The Labute approximate surface area is 145 Å². The van der Waals surface area contributed by atoms with Crippen LogP contribution in [0.4, 0.5) is 0 Å². The summed E-state index contributed by atoms with van der Waals surface area (Å²) in [6.07, 6.45) is 9.64. The molecule has 0 aliphatic heterocycles. The van der Waals surface area contributed by atoms with Gasteiger partial charge in [-0.05, 0) is 31.2 Å². The van der Waals surface area contributed by atoms with Crippen molar-refractivity contribution in [3.05, 3.63) is 27.1 Å². The maximum absolute atomic E-state index is 12.9. The highest BCUT2D eigenvalue weighted by atomic mass is 32.1. The Balaban J connectivity index is 1.92. The number of aliphatic carboxylic acids is 1. The number of nitrogens with zero attached hydrogens (tertiary/aromatic N) is 2. The van der Waals surface area contributed by atoms with E-state index in [1.54, 1.807) is 10.9 Å². The lowest BCUT2D eigenvalue weighted by molar-refractivity contribution is -0.139. The quantitative estimate of drug-likeness (QED) is 0.770. The highest BCUT2D eigenvalue weighted by Crippen LogP contribution is 2.40. The normalized spacial score (nSPS) is 17.1. The van der Waals surface area contributed by atoms with Crippen LogP contribution in [0.2, 0.25) is 0 Å². The third kappa shape index (κ3) is 3.24. The predicted octanol–water partition coefficient (Wildman–Crippen LogP) is 3.93. The van der Waals surface area contributed by atoms with Crippen molar-refractivity contribution >= 4 is 27.5 Å². The molecule has 3 rings (SSSR count). The summed E-state index contributed by atoms with van der Waals surface area (Å²) in [7, 11) is 0. The van der Waals surface area contributed by atoms with Gasteiger partial charge in [-0.15, -0.1) is 11.3 Å². The molecule has 0 fully saturated rings. The molecule has 5 nitrogen and oxygen atoms in total. The number of carbonyl (C=O) groups is 1. The first-order chi connectivity index (χ1) is 11.6. The van der Waals surface area contributed by atoms with Gasteiger partial charge in [0.25, 0.3) is 5.56 Å². The van der Waals surface area contributed by atoms with Crippen LogP contribution in [-0.2, 0) is 17.8 Å². The first-order valence-corrected chi connectivity index (χ1v) is 9.68. The van der Waals surface area contributed by atoms with Crippen LogP contribution in [0.3, 0.4) is 0 Å². The molecule has 1 aliphatic carbocycles. The van der Waals surface area contributed by atoms with Gasteiger partial charge in [0, 0.05) is 11.4 Å². The lowest BCUT2D eigenvalue weighted by atomic mass is 9.86. The average Bonchev–Trinajstić information content (AvgIpc) is 2.95. The van der Waals surface area contributed by atoms with E-state index in [0.29, 0.717) is 23.2 Å². The number of carboxylic acid groups (broad SMARTS) is 1. The van der Waals surface area contributed by atoms with Crippen LogP contribution in [0.1, 0.15) is 68.2 Å². The van der Waals surface area contributed by atoms with E-state index in [1.165, 1.54) is 30.6 Å². The maximum Gasteiger partial charge on any atom is 0.311 e. The van der Waals surface area contributed by atoms with Crippen molar-refractivity contribution in [1.29, 1.82) is 0 Å². The molecule has 0 saturated heterocycles. The highest BCUT2D eigenvalue weighted by molar-refractivity contribution is 7.18. The Morgan fingerprint density at radius 2 is 2.17 bits per heavy atom. The Morgan fingerprint density at radius 3 is 2.92 bits per heavy atom. The number of carboxylic acids is 1. The Hall–Kier alpha value is -1.69. The van der Waals surface area contributed by atoms with E-state index in [1.807, 2.05) is 0 Å². The fourth-order valence-corrected chi connectivity index (χ4v) is 4.78. The number of aromatic nitrogens is 2. The average molecular weight is 348 g/mol. The predicted molar refractivity (Wildman–Crippen MR) is 96.0 cm³/mol. The third-order valence-electron chi connectivity index (χ3n) is 4.84. The lowest BCUT2D eigenvalue weighted by Crippen LogP contribution is -2.23. The van der Waals surface area contributed by atoms with Crippen LogP contribution in [0, 0.1) is 0 Å². The second-order valence-electron chi connectivity index (χ2n) is 6.56. The van der Waals surface area contributed by atoms with E-state index in [2.05, 4.69) is 11.9 Å². The van der Waals surface area contributed by atoms with Gasteiger partial charge in [-0.25, -0.2) is 4.98 Å². The summed E-state index contributed by atoms with van der Waals surface area (Å²) in [5.41, 5.74) is 0.674. The summed E-state index contributed by atoms with van der Waals surface area (Å²) < 4.78 is 1.66. The lowest BCUT2D eigenvalue weighted by Gasteiger charge is -2.18. The summed E-state index contributed by atoms with van der Waals surface area (Å²) in [5, 5.41) is 10.1. The van der Waals surface area contributed by atoms with E-state index in [0.717, 1.165) is 36.1 Å². The van der Waals surface area contributed by atoms with Crippen LogP contribution in [0.15, 0.2) is 11.1 Å². The van der Waals surface area contributed by atoms with Crippen LogP contribution in [-0.4, -0.2) is 20.6 Å². The Kier molecular flexibility index (Phi) is 5.33. The van der Waals surface area contributed by atoms with Gasteiger partial charge in [0.2, 0.25) is 0 Å². The third-order valence-corrected chi connectivity index (χ3v) is 6.01. The summed E-state index contributed by atoms with van der Waals surface area (Å²) in [6, 6.07) is 0. The van der Waals surface area contributed by atoms with E-state index >= 15 is 0 Å². The molecule has 0 radical (unpaired) electrons. The van der Waals surface area contributed by atoms with Gasteiger partial charge in [0.1, 0.15) is 4.83 Å². The number of thiophene rings is 1. The molecule has 130 valence electrons. The smallest absolute Gasteiger partial charge is 0.311 e. The number of hydrogen-bond donors (Lipinski definition) is 1. The van der Waals surface area contributed by atoms with Crippen molar-refractivity contribution in [3.63, 3.8) is 0 Å². The van der Waals surface area contributed by atoms with Crippen LogP contribution in [0.5, 0.6) is 0 Å². The maximum atomic E-state index is 12.9. The van der Waals surface area contributed by atoms with Crippen molar-refractivity contribution in [3.8, 4) is 0 Å². The SMILES string of the molecule is CCCCCCCn1cnc2sc3c(c2c1=O)C(C(=O)O)CCC3. The molecule has 0 spiro atoms. The molecule has 24 heavy (non-hydrogen) atoms. The van der Waals surface area contributed by atoms with Crippen molar-refractivity contribution in [1.82, 2.24) is 9.55 Å². The van der Waals surface area contributed by atoms with Crippen molar-refractivity contribution in [2.24, 2.45) is 0 Å². The van der Waals surface area contributed by atoms with Crippen molar-refractivity contribution in [2.45, 2.75) is 70.8 Å². The minimum atomic E-state index is -0.829. The van der Waals surface area contributed by atoms with Crippen molar-refractivity contribution < 1.29 is 9.90 Å². The zero-order chi connectivity index (χ0) is 17.1. The molecule has 1 unspecified atom stereocenters. The second kappa shape index (κ2) is 7.47. The summed E-state index contributed by atoms with van der Waals surface area (Å²) >= 11 is 1.49. The molecule has 0 bridgehead atoms. The minimum absolute atomic E-state index is 0.0684. The van der Waals surface area contributed by atoms with Gasteiger partial charge in [-0.3, -0.25) is 14.2 Å². The largest absolute Gasteiger partial charge is 0.481 e. The molecule has 1 atom stereocenters. The topological polar surface area (TPSA) is 72.2 Å². The molecule has 2 aromatic rings. The van der Waals surface area contributed by atoms with E-state index in [-0.39, 0.29) is 5.56 Å². The molecule has 2 heterocycles. The minimum Gasteiger partial charge on any atom is -0.481 e. The van der Waals surface area contributed by atoms with E-state index < -0.39 is 11.9 Å². The first-order valence-electron chi connectivity index (χ1n) is 8.87. The Morgan fingerprint density at radius 1 is 1.38 bits per heavy atom. The van der Waals surface area contributed by atoms with E-state index in [4.69, 9.17) is 0 Å². The number of aryl methyl sites for hydroxylation is 2. The first kappa shape index (κ1) is 17.1. The molecule has 0 saturated carbocycles. The van der Waals surface area contributed by atoms with Gasteiger partial charge >= 0.3 is 5.97 Å². The van der Waals surface area contributed by atoms with Crippen LogP contribution < -0.4 is 5.56 Å².